The van der Waals surface area contributed by atoms with Gasteiger partial charge in [0.15, 0.2) is 17.2 Å². The number of carbonyl (C=O) groups is 2. The number of nitrogens with one attached hydrogen (secondary N) is 1. The van der Waals surface area contributed by atoms with E-state index in [1.54, 1.807) is 29.8 Å². The number of imidazole rings is 1. The number of carbonyl (C=O) groups excluding carboxylic acids is 2. The summed E-state index contributed by atoms with van der Waals surface area (Å²) in [6.07, 6.45) is 3.86. The van der Waals surface area contributed by atoms with Crippen molar-refractivity contribution in [2.75, 3.05) is 23.3 Å². The Balaban J connectivity index is 1.41. The number of hydrogen-bond donors (Lipinski definition) is 1. The molecule has 0 unspecified atom stereocenters. The number of aromatic nitrogens is 3. The molecule has 5 rings (SSSR count). The number of ketones is 1. The summed E-state index contributed by atoms with van der Waals surface area (Å²) in [6.45, 7) is 2.82. The van der Waals surface area contributed by atoms with Crippen LogP contribution in [0.2, 0.25) is 0 Å². The van der Waals surface area contributed by atoms with E-state index in [9.17, 15) is 14.0 Å². The summed E-state index contributed by atoms with van der Waals surface area (Å²) in [6, 6.07) is 6.78. The number of aryl methyl sites for hydroxylation is 1. The number of thiophene rings is 1. The molecule has 0 aliphatic carbocycles. The van der Waals surface area contributed by atoms with Crippen LogP contribution in [0.4, 0.5) is 15.9 Å². The Labute approximate surface area is 168 Å². The van der Waals surface area contributed by atoms with Crippen LogP contribution in [-0.2, 0) is 4.79 Å². The Morgan fingerprint density at radius 1 is 1.24 bits per heavy atom. The first-order valence-corrected chi connectivity index (χ1v) is 9.91. The molecule has 1 aliphatic heterocycles. The van der Waals surface area contributed by atoms with Crippen molar-refractivity contribution in [1.29, 1.82) is 0 Å². The molecule has 7 nitrogen and oxygen atoms in total. The van der Waals surface area contributed by atoms with Gasteiger partial charge in [0, 0.05) is 36.8 Å². The zero-order chi connectivity index (χ0) is 20.1. The molecule has 0 radical (unpaired) electrons. The van der Waals surface area contributed by atoms with Crippen molar-refractivity contribution < 1.29 is 14.0 Å². The first-order valence-electron chi connectivity index (χ1n) is 9.10. The van der Waals surface area contributed by atoms with Crippen LogP contribution >= 0.6 is 11.3 Å². The van der Waals surface area contributed by atoms with Crippen LogP contribution in [0.1, 0.15) is 21.8 Å². The molecule has 1 aliphatic rings. The van der Waals surface area contributed by atoms with Crippen molar-refractivity contribution in [2.45, 2.75) is 13.3 Å². The third kappa shape index (κ3) is 3.23. The van der Waals surface area contributed by atoms with Gasteiger partial charge in [-0.15, -0.1) is 11.3 Å². The molecule has 1 fully saturated rings. The summed E-state index contributed by atoms with van der Waals surface area (Å²) in [5.41, 5.74) is 1.26. The maximum atomic E-state index is 14.2. The number of fused-ring (bicyclic) bond motifs is 2. The minimum atomic E-state index is -0.501. The number of pyridine rings is 2. The molecule has 1 amide bonds. The quantitative estimate of drug-likeness (QED) is 0.561. The number of amides is 1. The van der Waals surface area contributed by atoms with Crippen molar-refractivity contribution >= 4 is 50.4 Å². The van der Waals surface area contributed by atoms with Crippen molar-refractivity contribution in [3.63, 3.8) is 0 Å². The highest BCUT2D eigenvalue weighted by Gasteiger charge is 2.21. The lowest BCUT2D eigenvalue weighted by Crippen LogP contribution is -2.20. The van der Waals surface area contributed by atoms with Gasteiger partial charge in [0.1, 0.15) is 10.6 Å². The molecule has 4 aromatic rings. The summed E-state index contributed by atoms with van der Waals surface area (Å²) < 4.78 is 15.8. The maximum absolute atomic E-state index is 14.2. The van der Waals surface area contributed by atoms with Gasteiger partial charge in [-0.05, 0) is 25.1 Å². The zero-order valence-electron chi connectivity index (χ0n) is 15.5. The molecular weight excluding hydrogens is 393 g/mol. The first kappa shape index (κ1) is 17.7. The molecule has 0 bridgehead atoms. The Bertz CT molecular complexity index is 1300. The summed E-state index contributed by atoms with van der Waals surface area (Å²) >= 11 is 1.26. The second-order valence-electron chi connectivity index (χ2n) is 7.03. The summed E-state index contributed by atoms with van der Waals surface area (Å²) in [4.78, 5) is 36.0. The van der Waals surface area contributed by atoms with Gasteiger partial charge >= 0.3 is 0 Å². The van der Waals surface area contributed by atoms with Crippen LogP contribution in [0.25, 0.3) is 15.9 Å². The second-order valence-corrected chi connectivity index (χ2v) is 8.06. The molecular formula is C20H16FN5O2S. The third-order valence-electron chi connectivity index (χ3n) is 4.83. The third-order valence-corrected chi connectivity index (χ3v) is 5.87. The predicted octanol–water partition coefficient (Wildman–Crippen LogP) is 3.42. The van der Waals surface area contributed by atoms with Gasteiger partial charge < -0.3 is 14.6 Å². The first-order chi connectivity index (χ1) is 14.0. The van der Waals surface area contributed by atoms with E-state index in [0.29, 0.717) is 35.8 Å². The van der Waals surface area contributed by atoms with Gasteiger partial charge in [-0.2, -0.15) is 0 Å². The monoisotopic (exact) mass is 409 g/mol. The van der Waals surface area contributed by atoms with Crippen LogP contribution in [0.5, 0.6) is 0 Å². The van der Waals surface area contributed by atoms with Crippen molar-refractivity contribution in [3.05, 3.63) is 53.0 Å². The molecule has 9 heteroatoms. The summed E-state index contributed by atoms with van der Waals surface area (Å²) in [7, 11) is 0. The normalized spacial score (nSPS) is 14.3. The van der Waals surface area contributed by atoms with Gasteiger partial charge in [0.05, 0.1) is 22.8 Å². The van der Waals surface area contributed by atoms with Crippen molar-refractivity contribution in [1.82, 2.24) is 14.4 Å². The van der Waals surface area contributed by atoms with E-state index in [1.807, 2.05) is 17.0 Å². The smallest absolute Gasteiger partial charge is 0.265 e. The zero-order valence-corrected chi connectivity index (χ0v) is 16.3. The number of halogens is 1. The van der Waals surface area contributed by atoms with Gasteiger partial charge in [0.2, 0.25) is 0 Å². The maximum Gasteiger partial charge on any atom is 0.265 e. The van der Waals surface area contributed by atoms with E-state index in [2.05, 4.69) is 15.3 Å². The van der Waals surface area contributed by atoms with E-state index in [0.717, 1.165) is 16.0 Å². The molecule has 5 heterocycles. The minimum Gasteiger partial charge on any atom is -0.349 e. The van der Waals surface area contributed by atoms with Crippen molar-refractivity contribution in [3.8, 4) is 0 Å². The molecule has 4 aromatic heterocycles. The van der Waals surface area contributed by atoms with Crippen LogP contribution < -0.4 is 10.2 Å². The van der Waals surface area contributed by atoms with Crippen LogP contribution in [-0.4, -0.2) is 39.1 Å². The lowest BCUT2D eigenvalue weighted by atomic mass is 10.3. The molecule has 29 heavy (non-hydrogen) atoms. The van der Waals surface area contributed by atoms with Crippen LogP contribution in [0, 0.1) is 12.7 Å². The highest BCUT2D eigenvalue weighted by atomic mass is 32.1. The molecule has 1 saturated heterocycles. The highest BCUT2D eigenvalue weighted by molar-refractivity contribution is 7.20. The number of anilines is 2. The topological polar surface area (TPSA) is 79.6 Å². The lowest BCUT2D eigenvalue weighted by molar-refractivity contribution is -0.116. The van der Waals surface area contributed by atoms with E-state index >= 15 is 0 Å². The fourth-order valence-electron chi connectivity index (χ4n) is 3.46. The molecule has 0 spiro atoms. The van der Waals surface area contributed by atoms with E-state index in [-0.39, 0.29) is 17.3 Å². The Morgan fingerprint density at radius 3 is 2.90 bits per heavy atom. The summed E-state index contributed by atoms with van der Waals surface area (Å²) in [5.74, 6) is 0.107. The molecule has 0 atom stereocenters. The van der Waals surface area contributed by atoms with E-state index in [4.69, 9.17) is 0 Å². The average molecular weight is 409 g/mol. The number of nitrogens with zero attached hydrogens (tertiary/aromatic N) is 4. The van der Waals surface area contributed by atoms with E-state index in [1.165, 1.54) is 17.4 Å². The van der Waals surface area contributed by atoms with Gasteiger partial charge in [-0.1, -0.05) is 0 Å². The fraction of sp³-hybridized carbons (Fsp3) is 0.200. The van der Waals surface area contributed by atoms with E-state index < -0.39 is 5.82 Å². The average Bonchev–Trinajstić information content (AvgIpc) is 3.38. The molecule has 1 N–H and O–H groups in total. The highest BCUT2D eigenvalue weighted by Crippen LogP contribution is 2.28. The Morgan fingerprint density at radius 2 is 2.10 bits per heavy atom. The minimum absolute atomic E-state index is 0.204. The molecule has 0 aromatic carbocycles. The largest absolute Gasteiger partial charge is 0.349 e. The Hall–Kier alpha value is -3.33. The Kier molecular flexibility index (Phi) is 4.06. The number of rotatable bonds is 3. The van der Waals surface area contributed by atoms with Crippen LogP contribution in [0.3, 0.4) is 0 Å². The SMILES string of the molecule is Cc1cn2cc(NC(=O)c3cc4ccc(N5CCC(=O)C5)nc4s3)cc(F)c2n1. The molecule has 0 saturated carbocycles. The summed E-state index contributed by atoms with van der Waals surface area (Å²) in [5, 5.41) is 3.59. The number of Topliss-reactive ketones (excluding diaryl/α,β-unsaturated/α-hetero) is 1. The van der Waals surface area contributed by atoms with Gasteiger partial charge in [0.25, 0.3) is 5.91 Å². The predicted molar refractivity (Wildman–Crippen MR) is 109 cm³/mol. The molecule has 146 valence electrons. The van der Waals surface area contributed by atoms with Crippen LogP contribution in [0.15, 0.2) is 36.7 Å². The number of hydrogen-bond acceptors (Lipinski definition) is 6. The lowest BCUT2D eigenvalue weighted by Gasteiger charge is -2.14. The fourth-order valence-corrected chi connectivity index (χ4v) is 4.38. The standard InChI is InChI=1S/C20H16FN5O2S/c1-11-8-26-9-13(7-15(21)18(26)22-11)23-19(28)16-6-12-2-3-17(24-20(12)29-16)25-5-4-14(27)10-25/h2-3,6-9H,4-5,10H2,1H3,(H,23,28). The van der Waals surface area contributed by atoms with Crippen molar-refractivity contribution in [2.24, 2.45) is 0 Å². The second kappa shape index (κ2) is 6.63. The van der Waals surface area contributed by atoms with Gasteiger partial charge in [-0.25, -0.2) is 14.4 Å². The van der Waals surface area contributed by atoms with Gasteiger partial charge in [-0.3, -0.25) is 9.59 Å².